The number of nitrogens with zero attached hydrogens (tertiary/aromatic N) is 2. The maximum Gasteiger partial charge on any atom is 0.308 e. The second-order valence-electron chi connectivity index (χ2n) is 8.45. The van der Waals surface area contributed by atoms with Crippen molar-refractivity contribution in [3.05, 3.63) is 57.7 Å². The number of rotatable bonds is 7. The monoisotopic (exact) mass is 501 g/mol. The molecule has 1 aromatic heterocycles. The van der Waals surface area contributed by atoms with E-state index in [-0.39, 0.29) is 40.5 Å². The van der Waals surface area contributed by atoms with Gasteiger partial charge < -0.3 is 5.32 Å². The van der Waals surface area contributed by atoms with Gasteiger partial charge >= 0.3 is 4.87 Å². The number of hydrogen-bond donors (Lipinski definition) is 1. The Labute approximate surface area is 202 Å². The summed E-state index contributed by atoms with van der Waals surface area (Å²) in [6, 6.07) is 11.5. The summed E-state index contributed by atoms with van der Waals surface area (Å²) in [7, 11) is -3.73. The average molecular weight is 502 g/mol. The third-order valence-electron chi connectivity index (χ3n) is 6.11. The lowest BCUT2D eigenvalue weighted by Crippen LogP contribution is -2.41. The molecule has 1 N–H and O–H groups in total. The van der Waals surface area contributed by atoms with Gasteiger partial charge in [-0.1, -0.05) is 18.3 Å². The molecule has 180 valence electrons. The molecule has 0 radical (unpaired) electrons. The number of fused-ring (bicyclic) bond motifs is 1. The lowest BCUT2D eigenvalue weighted by molar-refractivity contribution is -0.120. The van der Waals surface area contributed by atoms with Crippen LogP contribution in [0.4, 0.5) is 5.69 Å². The third kappa shape index (κ3) is 4.84. The maximum absolute atomic E-state index is 13.2. The number of ketones is 1. The number of carbonyl (C=O) groups excluding carboxylic acids is 2. The molecule has 4 rings (SSSR count). The minimum absolute atomic E-state index is 0.0432. The normalized spacial score (nSPS) is 15.5. The Morgan fingerprint density at radius 2 is 1.76 bits per heavy atom. The zero-order valence-corrected chi connectivity index (χ0v) is 20.7. The van der Waals surface area contributed by atoms with Gasteiger partial charge in [0.15, 0.2) is 5.78 Å². The first-order valence-corrected chi connectivity index (χ1v) is 13.5. The van der Waals surface area contributed by atoms with Gasteiger partial charge in [0.05, 0.1) is 15.1 Å². The van der Waals surface area contributed by atoms with Gasteiger partial charge in [-0.05, 0) is 68.7 Å². The van der Waals surface area contributed by atoms with Gasteiger partial charge in [0.25, 0.3) is 0 Å². The van der Waals surface area contributed by atoms with E-state index in [1.807, 2.05) is 6.92 Å². The molecular formula is C24H27N3O5S2. The summed E-state index contributed by atoms with van der Waals surface area (Å²) in [5.74, 6) is -0.496. The minimum Gasteiger partial charge on any atom is -0.326 e. The molecule has 2 aromatic carbocycles. The van der Waals surface area contributed by atoms with Crippen LogP contribution in [0.2, 0.25) is 0 Å². The highest BCUT2D eigenvalue weighted by Crippen LogP contribution is 2.28. The molecule has 0 aliphatic carbocycles. The second-order valence-corrected chi connectivity index (χ2v) is 11.4. The van der Waals surface area contributed by atoms with Crippen molar-refractivity contribution in [2.24, 2.45) is 5.92 Å². The van der Waals surface area contributed by atoms with Crippen LogP contribution in [0.15, 0.2) is 52.2 Å². The van der Waals surface area contributed by atoms with Crippen LogP contribution in [0.25, 0.3) is 10.2 Å². The second kappa shape index (κ2) is 9.81. The minimum atomic E-state index is -3.73. The summed E-state index contributed by atoms with van der Waals surface area (Å²) in [4.78, 5) is 36.4. The van der Waals surface area contributed by atoms with Crippen LogP contribution in [0, 0.1) is 5.92 Å². The number of piperidine rings is 1. The summed E-state index contributed by atoms with van der Waals surface area (Å²) in [5.41, 5.74) is 1.93. The summed E-state index contributed by atoms with van der Waals surface area (Å²) in [6.45, 7) is 4.56. The quantitative estimate of drug-likeness (QED) is 0.497. The van der Waals surface area contributed by atoms with Crippen LogP contribution in [0.3, 0.4) is 0 Å². The standard InChI is InChI=1S/C24H27N3O5S2/c1-3-12-27-21-9-8-20(15-22(21)33-24(27)30)34(31,32)26-13-10-18(11-14-26)23(29)25-19-6-4-17(5-7-19)16(2)28/h4-9,15,18H,3,10-14H2,1-2H3,(H,25,29). The Balaban J connectivity index is 1.42. The third-order valence-corrected chi connectivity index (χ3v) is 8.94. The average Bonchev–Trinajstić information content (AvgIpc) is 3.14. The Morgan fingerprint density at radius 3 is 2.38 bits per heavy atom. The van der Waals surface area contributed by atoms with Crippen LogP contribution in [-0.4, -0.2) is 42.1 Å². The fourth-order valence-corrected chi connectivity index (χ4v) is 6.71. The van der Waals surface area contributed by atoms with Crippen molar-refractivity contribution in [1.82, 2.24) is 8.87 Å². The van der Waals surface area contributed by atoms with E-state index in [1.54, 1.807) is 47.0 Å². The highest BCUT2D eigenvalue weighted by Gasteiger charge is 2.32. The summed E-state index contributed by atoms with van der Waals surface area (Å²) < 4.78 is 30.2. The molecule has 1 aliphatic rings. The molecule has 0 bridgehead atoms. The number of benzene rings is 2. The predicted octanol–water partition coefficient (Wildman–Crippen LogP) is 3.72. The Morgan fingerprint density at radius 1 is 1.09 bits per heavy atom. The molecule has 0 unspecified atom stereocenters. The van der Waals surface area contributed by atoms with E-state index < -0.39 is 10.0 Å². The van der Waals surface area contributed by atoms with E-state index in [2.05, 4.69) is 5.32 Å². The van der Waals surface area contributed by atoms with E-state index >= 15 is 0 Å². The van der Waals surface area contributed by atoms with E-state index in [9.17, 15) is 22.8 Å². The maximum atomic E-state index is 13.2. The summed E-state index contributed by atoms with van der Waals surface area (Å²) in [5, 5.41) is 2.85. The number of amides is 1. The fourth-order valence-electron chi connectivity index (χ4n) is 4.18. The molecular weight excluding hydrogens is 474 g/mol. The molecule has 1 aliphatic heterocycles. The smallest absolute Gasteiger partial charge is 0.308 e. The molecule has 34 heavy (non-hydrogen) atoms. The first kappa shape index (κ1) is 24.3. The number of aryl methyl sites for hydroxylation is 1. The predicted molar refractivity (Wildman–Crippen MR) is 133 cm³/mol. The number of carbonyl (C=O) groups is 2. The zero-order valence-electron chi connectivity index (χ0n) is 19.1. The van der Waals surface area contributed by atoms with Gasteiger partial charge in [-0.3, -0.25) is 19.0 Å². The molecule has 1 fully saturated rings. The van der Waals surface area contributed by atoms with Crippen LogP contribution in [-0.2, 0) is 21.4 Å². The molecule has 1 amide bonds. The highest BCUT2D eigenvalue weighted by molar-refractivity contribution is 7.89. The first-order valence-electron chi connectivity index (χ1n) is 11.3. The lowest BCUT2D eigenvalue weighted by Gasteiger charge is -2.30. The van der Waals surface area contributed by atoms with Gasteiger partial charge in [0.2, 0.25) is 15.9 Å². The van der Waals surface area contributed by atoms with Crippen molar-refractivity contribution in [3.8, 4) is 0 Å². The van der Waals surface area contributed by atoms with E-state index in [1.165, 1.54) is 11.2 Å². The van der Waals surface area contributed by atoms with Crippen molar-refractivity contribution in [1.29, 1.82) is 0 Å². The largest absolute Gasteiger partial charge is 0.326 e. The van der Waals surface area contributed by atoms with Crippen molar-refractivity contribution in [2.75, 3.05) is 18.4 Å². The SMILES string of the molecule is CCCn1c(=O)sc2cc(S(=O)(=O)N3CCC(C(=O)Nc4ccc(C(C)=O)cc4)CC3)ccc21. The molecule has 10 heteroatoms. The Kier molecular flexibility index (Phi) is 7.01. The number of Topliss-reactive ketones (excluding diaryl/α,β-unsaturated/α-hetero) is 1. The first-order chi connectivity index (χ1) is 16.2. The van der Waals surface area contributed by atoms with Crippen LogP contribution < -0.4 is 10.2 Å². The van der Waals surface area contributed by atoms with Crippen molar-refractivity contribution in [2.45, 2.75) is 44.6 Å². The fraction of sp³-hybridized carbons (Fsp3) is 0.375. The van der Waals surface area contributed by atoms with Crippen molar-refractivity contribution >= 4 is 49.0 Å². The number of anilines is 1. The molecule has 8 nitrogen and oxygen atoms in total. The van der Waals surface area contributed by atoms with Gasteiger partial charge in [0, 0.05) is 36.8 Å². The summed E-state index contributed by atoms with van der Waals surface area (Å²) in [6.07, 6.45) is 1.65. The Hall–Kier alpha value is -2.82. The Bertz CT molecular complexity index is 1380. The lowest BCUT2D eigenvalue weighted by atomic mass is 9.97. The van der Waals surface area contributed by atoms with E-state index in [0.717, 1.165) is 23.3 Å². The van der Waals surface area contributed by atoms with Gasteiger partial charge in [-0.25, -0.2) is 8.42 Å². The molecule has 0 saturated carbocycles. The topological polar surface area (TPSA) is 106 Å². The molecule has 2 heterocycles. The summed E-state index contributed by atoms with van der Waals surface area (Å²) >= 11 is 1.06. The molecule has 1 saturated heterocycles. The highest BCUT2D eigenvalue weighted by atomic mass is 32.2. The van der Waals surface area contributed by atoms with Crippen molar-refractivity contribution < 1.29 is 18.0 Å². The molecule has 0 atom stereocenters. The van der Waals surface area contributed by atoms with E-state index in [0.29, 0.717) is 35.3 Å². The number of aromatic nitrogens is 1. The van der Waals surface area contributed by atoms with Crippen molar-refractivity contribution in [3.63, 3.8) is 0 Å². The van der Waals surface area contributed by atoms with E-state index in [4.69, 9.17) is 0 Å². The number of thiazole rings is 1. The number of sulfonamides is 1. The molecule has 3 aromatic rings. The van der Waals surface area contributed by atoms with Gasteiger partial charge in [0.1, 0.15) is 0 Å². The van der Waals surface area contributed by atoms with Crippen LogP contribution in [0.1, 0.15) is 43.5 Å². The zero-order chi connectivity index (χ0) is 24.5. The molecule has 0 spiro atoms. The van der Waals surface area contributed by atoms with Gasteiger partial charge in [-0.2, -0.15) is 4.31 Å². The number of hydrogen-bond acceptors (Lipinski definition) is 6. The number of nitrogens with one attached hydrogen (secondary N) is 1. The van der Waals surface area contributed by atoms with Gasteiger partial charge in [-0.15, -0.1) is 0 Å². The van der Waals surface area contributed by atoms with Crippen LogP contribution >= 0.6 is 11.3 Å². The van der Waals surface area contributed by atoms with Crippen LogP contribution in [0.5, 0.6) is 0 Å².